The zero-order valence-electron chi connectivity index (χ0n) is 10.7. The van der Waals surface area contributed by atoms with Gasteiger partial charge in [-0.2, -0.15) is 0 Å². The van der Waals surface area contributed by atoms with Crippen LogP contribution in [-0.2, 0) is 11.2 Å². The van der Waals surface area contributed by atoms with Gasteiger partial charge in [0.2, 0.25) is 5.91 Å². The molecule has 0 heterocycles. The van der Waals surface area contributed by atoms with Crippen LogP contribution in [0.4, 0.5) is 5.69 Å². The lowest BCUT2D eigenvalue weighted by Crippen LogP contribution is -2.24. The maximum Gasteiger partial charge on any atom is 0.220 e. The summed E-state index contributed by atoms with van der Waals surface area (Å²) in [6, 6.07) is 7.62. The molecular weight excluding hydrogens is 228 g/mol. The van der Waals surface area contributed by atoms with Gasteiger partial charge in [-0.25, -0.2) is 0 Å². The molecule has 100 valence electrons. The molecule has 18 heavy (non-hydrogen) atoms. The summed E-state index contributed by atoms with van der Waals surface area (Å²) in [5.41, 5.74) is 7.57. The van der Waals surface area contributed by atoms with Crippen molar-refractivity contribution in [3.8, 4) is 0 Å². The van der Waals surface area contributed by atoms with Gasteiger partial charge in [-0.3, -0.25) is 4.79 Å². The summed E-state index contributed by atoms with van der Waals surface area (Å²) in [5.74, 6) is 0.0576. The van der Waals surface area contributed by atoms with Crippen LogP contribution < -0.4 is 11.1 Å². The van der Waals surface area contributed by atoms with Gasteiger partial charge in [0.05, 0.1) is 0 Å². The van der Waals surface area contributed by atoms with Gasteiger partial charge in [0, 0.05) is 25.3 Å². The van der Waals surface area contributed by atoms with Crippen molar-refractivity contribution in [2.45, 2.75) is 32.1 Å². The molecule has 4 heteroatoms. The van der Waals surface area contributed by atoms with Gasteiger partial charge >= 0.3 is 0 Å². The molecule has 0 saturated carbocycles. The fourth-order valence-electron chi connectivity index (χ4n) is 1.74. The lowest BCUT2D eigenvalue weighted by molar-refractivity contribution is -0.121. The summed E-state index contributed by atoms with van der Waals surface area (Å²) in [5, 5.41) is 11.5. The Balaban J connectivity index is 2.15. The first-order chi connectivity index (χ1) is 8.74. The quantitative estimate of drug-likeness (QED) is 0.483. The number of rotatable bonds is 8. The summed E-state index contributed by atoms with van der Waals surface area (Å²) >= 11 is 0. The van der Waals surface area contributed by atoms with Crippen molar-refractivity contribution in [1.82, 2.24) is 5.32 Å². The third kappa shape index (κ3) is 5.68. The topological polar surface area (TPSA) is 75.4 Å². The van der Waals surface area contributed by atoms with Crippen molar-refractivity contribution >= 4 is 11.6 Å². The Labute approximate surface area is 108 Å². The Bertz CT molecular complexity index is 367. The largest absolute Gasteiger partial charge is 0.399 e. The van der Waals surface area contributed by atoms with Crippen LogP contribution in [0.2, 0.25) is 0 Å². The fourth-order valence-corrected chi connectivity index (χ4v) is 1.74. The molecule has 1 aromatic rings. The normalized spacial score (nSPS) is 10.3. The predicted molar refractivity (Wildman–Crippen MR) is 73.1 cm³/mol. The highest BCUT2D eigenvalue weighted by Crippen LogP contribution is 2.12. The van der Waals surface area contributed by atoms with Gasteiger partial charge in [0.15, 0.2) is 0 Å². The predicted octanol–water partition coefficient (Wildman–Crippen LogP) is 1.48. The van der Waals surface area contributed by atoms with Gasteiger partial charge in [-0.1, -0.05) is 18.2 Å². The van der Waals surface area contributed by atoms with Crippen molar-refractivity contribution in [2.24, 2.45) is 0 Å². The van der Waals surface area contributed by atoms with Gasteiger partial charge in [-0.15, -0.1) is 0 Å². The number of aliphatic hydroxyl groups is 1. The monoisotopic (exact) mass is 250 g/mol. The second kappa shape index (κ2) is 8.53. The maximum atomic E-state index is 11.6. The lowest BCUT2D eigenvalue weighted by atomic mass is 10.1. The summed E-state index contributed by atoms with van der Waals surface area (Å²) in [4.78, 5) is 11.6. The van der Waals surface area contributed by atoms with Crippen LogP contribution in [0, 0.1) is 0 Å². The van der Waals surface area contributed by atoms with Crippen LogP contribution in [0.5, 0.6) is 0 Å². The number of nitrogen functional groups attached to an aromatic ring is 1. The molecule has 0 aliphatic carbocycles. The number of nitrogens with two attached hydrogens (primary N) is 1. The Morgan fingerprint density at radius 2 is 2.00 bits per heavy atom. The number of anilines is 1. The molecule has 1 rings (SSSR count). The maximum absolute atomic E-state index is 11.6. The number of aryl methyl sites for hydroxylation is 1. The molecule has 0 spiro atoms. The Kier molecular flexibility index (Phi) is 6.87. The Morgan fingerprint density at radius 1 is 1.22 bits per heavy atom. The number of nitrogens with one attached hydrogen (secondary N) is 1. The van der Waals surface area contributed by atoms with Crippen molar-refractivity contribution in [2.75, 3.05) is 18.9 Å². The zero-order valence-corrected chi connectivity index (χ0v) is 10.7. The summed E-state index contributed by atoms with van der Waals surface area (Å²) in [6.07, 6.45) is 3.81. The van der Waals surface area contributed by atoms with Gasteiger partial charge in [0.1, 0.15) is 0 Å². The number of aliphatic hydroxyl groups excluding tert-OH is 1. The number of para-hydroxylation sites is 1. The minimum Gasteiger partial charge on any atom is -0.399 e. The Hall–Kier alpha value is -1.55. The molecule has 4 N–H and O–H groups in total. The van der Waals surface area contributed by atoms with Crippen LogP contribution in [0.15, 0.2) is 24.3 Å². The van der Waals surface area contributed by atoms with E-state index in [1.165, 1.54) is 0 Å². The van der Waals surface area contributed by atoms with E-state index < -0.39 is 0 Å². The first-order valence-corrected chi connectivity index (χ1v) is 6.45. The first-order valence-electron chi connectivity index (χ1n) is 6.45. The molecule has 1 aromatic carbocycles. The Morgan fingerprint density at radius 3 is 2.72 bits per heavy atom. The van der Waals surface area contributed by atoms with Crippen LogP contribution in [-0.4, -0.2) is 24.2 Å². The average molecular weight is 250 g/mol. The SMILES string of the molecule is Nc1ccccc1CCC(=O)NCCCCCO. The van der Waals surface area contributed by atoms with E-state index in [0.29, 0.717) is 19.4 Å². The van der Waals surface area contributed by atoms with Crippen molar-refractivity contribution in [3.63, 3.8) is 0 Å². The highest BCUT2D eigenvalue weighted by Gasteiger charge is 2.03. The third-order valence-electron chi connectivity index (χ3n) is 2.83. The molecule has 0 saturated heterocycles. The molecule has 0 radical (unpaired) electrons. The van der Waals surface area contributed by atoms with E-state index in [9.17, 15) is 4.79 Å². The smallest absolute Gasteiger partial charge is 0.220 e. The minimum absolute atomic E-state index is 0.0576. The molecule has 0 aliphatic rings. The molecular formula is C14H22N2O2. The zero-order chi connectivity index (χ0) is 13.2. The van der Waals surface area contributed by atoms with Gasteiger partial charge in [-0.05, 0) is 37.3 Å². The van der Waals surface area contributed by atoms with E-state index in [4.69, 9.17) is 10.8 Å². The standard InChI is InChI=1S/C14H22N2O2/c15-13-7-3-2-6-12(13)8-9-14(18)16-10-4-1-5-11-17/h2-3,6-7,17H,1,4-5,8-11,15H2,(H,16,18). The highest BCUT2D eigenvalue weighted by molar-refractivity contribution is 5.76. The number of hydrogen-bond donors (Lipinski definition) is 3. The van der Waals surface area contributed by atoms with Crippen LogP contribution in [0.3, 0.4) is 0 Å². The van der Waals surface area contributed by atoms with E-state index >= 15 is 0 Å². The third-order valence-corrected chi connectivity index (χ3v) is 2.83. The second-order valence-corrected chi connectivity index (χ2v) is 4.33. The van der Waals surface area contributed by atoms with E-state index in [1.807, 2.05) is 24.3 Å². The molecule has 0 aliphatic heterocycles. The van der Waals surface area contributed by atoms with E-state index in [0.717, 1.165) is 30.5 Å². The molecule has 0 fully saturated rings. The summed E-state index contributed by atoms with van der Waals surface area (Å²) < 4.78 is 0. The molecule has 0 unspecified atom stereocenters. The summed E-state index contributed by atoms with van der Waals surface area (Å²) in [6.45, 7) is 0.907. The lowest BCUT2D eigenvalue weighted by Gasteiger charge is -2.06. The van der Waals surface area contributed by atoms with Gasteiger partial charge in [0.25, 0.3) is 0 Å². The molecule has 4 nitrogen and oxygen atoms in total. The number of unbranched alkanes of at least 4 members (excludes halogenated alkanes) is 2. The van der Waals surface area contributed by atoms with Gasteiger partial charge < -0.3 is 16.2 Å². The number of amides is 1. The molecule has 0 atom stereocenters. The summed E-state index contributed by atoms with van der Waals surface area (Å²) in [7, 11) is 0. The number of carbonyl (C=O) groups is 1. The van der Waals surface area contributed by atoms with E-state index in [1.54, 1.807) is 0 Å². The number of carbonyl (C=O) groups excluding carboxylic acids is 1. The molecule has 1 amide bonds. The van der Waals surface area contributed by atoms with Crippen LogP contribution in [0.1, 0.15) is 31.2 Å². The first kappa shape index (κ1) is 14.5. The second-order valence-electron chi connectivity index (χ2n) is 4.33. The number of benzene rings is 1. The van der Waals surface area contributed by atoms with Crippen molar-refractivity contribution < 1.29 is 9.90 Å². The van der Waals surface area contributed by atoms with E-state index in [2.05, 4.69) is 5.32 Å². The molecule has 0 bridgehead atoms. The van der Waals surface area contributed by atoms with Crippen LogP contribution in [0.25, 0.3) is 0 Å². The van der Waals surface area contributed by atoms with Crippen LogP contribution >= 0.6 is 0 Å². The fraction of sp³-hybridized carbons (Fsp3) is 0.500. The minimum atomic E-state index is 0.0576. The number of hydrogen-bond acceptors (Lipinski definition) is 3. The van der Waals surface area contributed by atoms with Crippen molar-refractivity contribution in [3.05, 3.63) is 29.8 Å². The van der Waals surface area contributed by atoms with E-state index in [-0.39, 0.29) is 12.5 Å². The average Bonchev–Trinajstić information content (AvgIpc) is 2.37. The van der Waals surface area contributed by atoms with Crippen molar-refractivity contribution in [1.29, 1.82) is 0 Å². The molecule has 0 aromatic heterocycles. The highest BCUT2D eigenvalue weighted by atomic mass is 16.2.